The Morgan fingerprint density at radius 2 is 1.64 bits per heavy atom. The molecule has 2 fully saturated rings. The second-order valence-electron chi connectivity index (χ2n) is 16.7. The molecular weight excluding hydrogens is 781 g/mol. The molecule has 2 amide bonds. The predicted octanol–water partition coefficient (Wildman–Crippen LogP) is 6.96. The fraction of sp³-hybridized carbons (Fsp3) is 0.419. The van der Waals surface area contributed by atoms with Gasteiger partial charge in [0, 0.05) is 84.6 Å². The minimum absolute atomic E-state index is 0.0391. The summed E-state index contributed by atoms with van der Waals surface area (Å²) < 4.78 is 14.6. The van der Waals surface area contributed by atoms with Crippen molar-refractivity contribution in [3.63, 3.8) is 0 Å². The Labute approximate surface area is 347 Å². The van der Waals surface area contributed by atoms with Crippen LogP contribution in [0.5, 0.6) is 5.88 Å². The molecule has 15 heteroatoms. The quantitative estimate of drug-likeness (QED) is 0.144. The number of likely N-dealkylation sites (tertiary alicyclic amines) is 1. The number of halogens is 2. The second-order valence-corrected chi connectivity index (χ2v) is 17.5. The molecule has 5 aromatic rings. The lowest BCUT2D eigenvalue weighted by atomic mass is 9.84. The Hall–Kier alpha value is -4.95. The highest BCUT2D eigenvalue weighted by Gasteiger charge is 2.38. The van der Waals surface area contributed by atoms with E-state index in [9.17, 15) is 19.5 Å². The summed E-state index contributed by atoms with van der Waals surface area (Å²) in [5.74, 6) is 1.07. The molecule has 2 aliphatic rings. The van der Waals surface area contributed by atoms with E-state index in [4.69, 9.17) is 42.8 Å². The van der Waals surface area contributed by atoms with Crippen LogP contribution in [0.15, 0.2) is 65.6 Å². The van der Waals surface area contributed by atoms with E-state index in [1.54, 1.807) is 27.1 Å². The zero-order valence-electron chi connectivity index (χ0n) is 33.8. The molecule has 0 unspecified atom stereocenters. The summed E-state index contributed by atoms with van der Waals surface area (Å²) in [5.41, 5.74) is 3.45. The first-order valence-electron chi connectivity index (χ1n) is 19.3. The average molecular weight is 831 g/mol. The molecule has 58 heavy (non-hydrogen) atoms. The Bertz CT molecular complexity index is 2440. The van der Waals surface area contributed by atoms with Crippen LogP contribution in [0.25, 0.3) is 39.0 Å². The lowest BCUT2D eigenvalue weighted by Gasteiger charge is -2.45. The Kier molecular flexibility index (Phi) is 11.4. The van der Waals surface area contributed by atoms with Crippen LogP contribution in [-0.4, -0.2) is 90.1 Å². The number of carbonyl (C=O) groups is 2. The fourth-order valence-corrected chi connectivity index (χ4v) is 8.10. The van der Waals surface area contributed by atoms with E-state index in [0.29, 0.717) is 80.2 Å². The zero-order valence-corrected chi connectivity index (χ0v) is 35.3. The van der Waals surface area contributed by atoms with Crippen LogP contribution in [0.4, 0.5) is 4.79 Å². The van der Waals surface area contributed by atoms with E-state index in [0.717, 1.165) is 18.7 Å². The number of rotatable bonds is 11. The maximum absolute atomic E-state index is 13.5. The predicted molar refractivity (Wildman–Crippen MR) is 224 cm³/mol. The van der Waals surface area contributed by atoms with Crippen molar-refractivity contribution in [2.45, 2.75) is 77.8 Å². The maximum atomic E-state index is 13.5. The van der Waals surface area contributed by atoms with Gasteiger partial charge in [0.15, 0.2) is 0 Å². The Morgan fingerprint density at radius 3 is 2.26 bits per heavy atom. The smallest absolute Gasteiger partial charge is 0.410 e. The van der Waals surface area contributed by atoms with Crippen LogP contribution in [0, 0.1) is 5.92 Å². The van der Waals surface area contributed by atoms with Gasteiger partial charge in [-0.2, -0.15) is 5.10 Å². The molecule has 2 N–H and O–H groups in total. The van der Waals surface area contributed by atoms with Gasteiger partial charge in [0.2, 0.25) is 11.8 Å². The highest BCUT2D eigenvalue weighted by atomic mass is 35.5. The molecule has 13 nitrogen and oxygen atoms in total. The van der Waals surface area contributed by atoms with Gasteiger partial charge >= 0.3 is 6.09 Å². The summed E-state index contributed by atoms with van der Waals surface area (Å²) in [6, 6.07) is 16.6. The number of hydrogen-bond donors (Lipinski definition) is 2. The van der Waals surface area contributed by atoms with Crippen LogP contribution >= 0.6 is 23.2 Å². The molecule has 306 valence electrons. The van der Waals surface area contributed by atoms with Crippen molar-refractivity contribution < 1.29 is 24.2 Å². The van der Waals surface area contributed by atoms with Crippen molar-refractivity contribution >= 4 is 40.7 Å². The number of aliphatic hydroxyl groups is 1. The fourth-order valence-electron chi connectivity index (χ4n) is 7.44. The van der Waals surface area contributed by atoms with Crippen molar-refractivity contribution in [2.24, 2.45) is 13.0 Å². The average Bonchev–Trinajstić information content (AvgIpc) is 3.76. The van der Waals surface area contributed by atoms with E-state index >= 15 is 0 Å². The third kappa shape index (κ3) is 8.58. The molecule has 3 aromatic heterocycles. The summed E-state index contributed by atoms with van der Waals surface area (Å²) in [6.45, 7) is 11.4. The molecule has 0 aliphatic carbocycles. The minimum Gasteiger partial charge on any atom is -0.481 e. The summed E-state index contributed by atoms with van der Waals surface area (Å²) >= 11 is 14.3. The first kappa shape index (κ1) is 41.2. The Balaban J connectivity index is 1.16. The van der Waals surface area contributed by atoms with Crippen LogP contribution in [0.3, 0.4) is 0 Å². The number of ether oxygens (including phenoxy) is 2. The third-order valence-corrected chi connectivity index (χ3v) is 11.6. The molecule has 2 saturated heterocycles. The number of methoxy groups -OCH3 is 1. The molecule has 0 radical (unpaired) electrons. The van der Waals surface area contributed by atoms with Gasteiger partial charge in [-0.05, 0) is 59.2 Å². The maximum Gasteiger partial charge on any atom is 0.410 e. The Morgan fingerprint density at radius 1 is 0.983 bits per heavy atom. The summed E-state index contributed by atoms with van der Waals surface area (Å²) in [4.78, 5) is 47.3. The lowest BCUT2D eigenvalue weighted by molar-refractivity contribution is -0.119. The number of fused-ring (bicyclic) bond motifs is 1. The molecule has 0 spiro atoms. The van der Waals surface area contributed by atoms with Gasteiger partial charge in [-0.25, -0.2) is 14.3 Å². The molecule has 5 heterocycles. The van der Waals surface area contributed by atoms with E-state index in [1.165, 1.54) is 7.11 Å². The third-order valence-electron chi connectivity index (χ3n) is 10.8. The van der Waals surface area contributed by atoms with Gasteiger partial charge in [0.05, 0.1) is 41.5 Å². The van der Waals surface area contributed by atoms with Gasteiger partial charge in [-0.3, -0.25) is 19.1 Å². The van der Waals surface area contributed by atoms with Crippen molar-refractivity contribution in [3.05, 3.63) is 92.6 Å². The largest absolute Gasteiger partial charge is 0.481 e. The summed E-state index contributed by atoms with van der Waals surface area (Å²) in [6.07, 6.45) is 2.34. The molecular formula is C43H49Cl2N7O6. The molecule has 2 aromatic carbocycles. The highest BCUT2D eigenvalue weighted by Crippen LogP contribution is 2.43. The number of nitrogens with one attached hydrogen (secondary N) is 1. The zero-order chi connectivity index (χ0) is 41.7. The van der Waals surface area contributed by atoms with Gasteiger partial charge < -0.3 is 24.8 Å². The van der Waals surface area contributed by atoms with E-state index < -0.39 is 17.3 Å². The molecule has 0 bridgehead atoms. The lowest BCUT2D eigenvalue weighted by Crippen LogP contribution is -2.55. The standard InChI is InChI=1S/C43H49Cl2N7O6/c1-42(2,3)58-41(55)51(23-28-15-17-36(53)46-28)19-25-14-16-33(47-39(25)57-7)32-13-9-12-31(38(32)45)30-11-8-10-29(37(30)44)26-18-34-40(54)49(6)35(48-52(34)20-26)24-50-21-27(22-50)43(4,5)56/h8-14,16,18,20,27-28,56H,15,17,19,21-24H2,1-7H3,(H,46,53)/t28-/m0/s1. The van der Waals surface area contributed by atoms with E-state index in [-0.39, 0.29) is 36.5 Å². The molecule has 2 aliphatic heterocycles. The molecule has 0 saturated carbocycles. The van der Waals surface area contributed by atoms with Crippen molar-refractivity contribution in [3.8, 4) is 39.4 Å². The highest BCUT2D eigenvalue weighted by molar-refractivity contribution is 6.39. The van der Waals surface area contributed by atoms with Crippen LogP contribution in [0.1, 0.15) is 58.8 Å². The number of carbonyl (C=O) groups excluding carboxylic acids is 2. The van der Waals surface area contributed by atoms with Gasteiger partial charge in [-0.1, -0.05) is 59.6 Å². The van der Waals surface area contributed by atoms with Gasteiger partial charge in [0.1, 0.15) is 16.9 Å². The number of hydrogen-bond acceptors (Lipinski definition) is 9. The number of nitrogens with zero attached hydrogens (tertiary/aromatic N) is 6. The summed E-state index contributed by atoms with van der Waals surface area (Å²) in [5, 5.41) is 19.0. The van der Waals surface area contributed by atoms with E-state index in [1.807, 2.05) is 89.3 Å². The van der Waals surface area contributed by atoms with Gasteiger partial charge in [-0.15, -0.1) is 0 Å². The van der Waals surface area contributed by atoms with Crippen LogP contribution in [0.2, 0.25) is 10.0 Å². The minimum atomic E-state index is -0.753. The van der Waals surface area contributed by atoms with Crippen molar-refractivity contribution in [2.75, 3.05) is 26.7 Å². The summed E-state index contributed by atoms with van der Waals surface area (Å²) in [7, 11) is 3.24. The number of aromatic nitrogens is 4. The van der Waals surface area contributed by atoms with E-state index in [2.05, 4.69) is 10.2 Å². The van der Waals surface area contributed by atoms with Crippen molar-refractivity contribution in [1.82, 2.24) is 34.3 Å². The first-order chi connectivity index (χ1) is 27.4. The first-order valence-corrected chi connectivity index (χ1v) is 20.1. The topological polar surface area (TPSA) is 144 Å². The normalized spacial score (nSPS) is 16.4. The second kappa shape index (κ2) is 16.0. The monoisotopic (exact) mass is 829 g/mol. The molecule has 7 rings (SSSR count). The molecule has 1 atom stereocenters. The SMILES string of the molecule is COc1nc(-c2cccc(-c3cccc(-c4cc5c(=O)n(C)c(CN6CC(C(C)(C)O)C6)nn5c4)c3Cl)c2Cl)ccc1CN(C[C@@H]1CCC(=O)N1)C(=O)OC(C)(C)C. The van der Waals surface area contributed by atoms with Crippen LogP contribution in [-0.2, 0) is 29.7 Å². The number of pyridine rings is 1. The number of amides is 2. The van der Waals surface area contributed by atoms with Crippen molar-refractivity contribution in [1.29, 1.82) is 0 Å². The van der Waals surface area contributed by atoms with Gasteiger partial charge in [0.25, 0.3) is 5.56 Å². The van der Waals surface area contributed by atoms with Crippen LogP contribution < -0.4 is 15.6 Å². The number of benzene rings is 2.